The van der Waals surface area contributed by atoms with E-state index in [2.05, 4.69) is 16.2 Å². The highest BCUT2D eigenvalue weighted by Crippen LogP contribution is 2.11. The summed E-state index contributed by atoms with van der Waals surface area (Å²) in [4.78, 5) is 35.0. The standard InChI is InChI=1S/C18H21N3O4S/c1-13-4-2-5-15(10-13)25-11-17(23)21-20-16(22)6-3-8-19-18(24)14-7-9-26-12-14/h2,4-5,7,9-10,12H,3,6,8,11H2,1H3,(H,19,24)(H,20,22)(H,21,23). The van der Waals surface area contributed by atoms with Crippen LogP contribution in [0.2, 0.25) is 0 Å². The molecule has 26 heavy (non-hydrogen) atoms. The van der Waals surface area contributed by atoms with E-state index in [4.69, 9.17) is 4.74 Å². The summed E-state index contributed by atoms with van der Waals surface area (Å²) < 4.78 is 5.33. The van der Waals surface area contributed by atoms with Crippen molar-refractivity contribution < 1.29 is 19.1 Å². The van der Waals surface area contributed by atoms with Crippen LogP contribution in [0.1, 0.15) is 28.8 Å². The molecule has 0 unspecified atom stereocenters. The van der Waals surface area contributed by atoms with Crippen molar-refractivity contribution in [3.8, 4) is 5.75 Å². The number of hydrogen-bond acceptors (Lipinski definition) is 5. The van der Waals surface area contributed by atoms with E-state index in [0.29, 0.717) is 24.3 Å². The van der Waals surface area contributed by atoms with Crippen molar-refractivity contribution in [2.24, 2.45) is 0 Å². The largest absolute Gasteiger partial charge is 0.484 e. The zero-order valence-corrected chi connectivity index (χ0v) is 15.2. The van der Waals surface area contributed by atoms with E-state index in [-0.39, 0.29) is 24.8 Å². The molecule has 2 rings (SSSR count). The molecular weight excluding hydrogens is 354 g/mol. The van der Waals surface area contributed by atoms with Gasteiger partial charge in [-0.05, 0) is 42.5 Å². The lowest BCUT2D eigenvalue weighted by atomic mass is 10.2. The third-order valence-corrected chi connectivity index (χ3v) is 4.03. The van der Waals surface area contributed by atoms with Gasteiger partial charge >= 0.3 is 0 Å². The third-order valence-electron chi connectivity index (χ3n) is 3.35. The minimum absolute atomic E-state index is 0.159. The Labute approximate surface area is 155 Å². The highest BCUT2D eigenvalue weighted by atomic mass is 32.1. The number of benzene rings is 1. The minimum Gasteiger partial charge on any atom is -0.484 e. The van der Waals surface area contributed by atoms with Gasteiger partial charge in [0.2, 0.25) is 5.91 Å². The second kappa shape index (κ2) is 10.2. The summed E-state index contributed by atoms with van der Waals surface area (Å²) in [7, 11) is 0. The van der Waals surface area contributed by atoms with Crippen molar-refractivity contribution in [2.75, 3.05) is 13.2 Å². The molecule has 0 bridgehead atoms. The van der Waals surface area contributed by atoms with E-state index in [1.807, 2.05) is 30.5 Å². The summed E-state index contributed by atoms with van der Waals surface area (Å²) in [5.41, 5.74) is 6.25. The number of thiophene rings is 1. The SMILES string of the molecule is Cc1cccc(OCC(=O)NNC(=O)CCCNC(=O)c2ccsc2)c1. The monoisotopic (exact) mass is 375 g/mol. The highest BCUT2D eigenvalue weighted by molar-refractivity contribution is 7.08. The van der Waals surface area contributed by atoms with Gasteiger partial charge < -0.3 is 10.1 Å². The number of nitrogens with one attached hydrogen (secondary N) is 3. The number of aryl methyl sites for hydroxylation is 1. The van der Waals surface area contributed by atoms with Gasteiger partial charge in [-0.25, -0.2) is 0 Å². The first-order valence-electron chi connectivity index (χ1n) is 8.12. The number of hydrazine groups is 1. The van der Waals surface area contributed by atoms with Crippen LogP contribution in [0.15, 0.2) is 41.1 Å². The van der Waals surface area contributed by atoms with Crippen LogP contribution in [0.3, 0.4) is 0 Å². The van der Waals surface area contributed by atoms with E-state index >= 15 is 0 Å². The van der Waals surface area contributed by atoms with Gasteiger partial charge in [0, 0.05) is 23.9 Å². The van der Waals surface area contributed by atoms with Gasteiger partial charge in [-0.3, -0.25) is 25.2 Å². The molecule has 0 spiro atoms. The van der Waals surface area contributed by atoms with Crippen LogP contribution >= 0.6 is 11.3 Å². The Balaban J connectivity index is 1.55. The molecule has 0 radical (unpaired) electrons. The lowest BCUT2D eigenvalue weighted by molar-refractivity contribution is -0.130. The van der Waals surface area contributed by atoms with E-state index in [9.17, 15) is 14.4 Å². The number of rotatable bonds is 8. The molecule has 1 heterocycles. The first-order chi connectivity index (χ1) is 12.5. The Kier molecular flexibility index (Phi) is 7.63. The van der Waals surface area contributed by atoms with Crippen LogP contribution in [0, 0.1) is 6.92 Å². The number of hydrogen-bond donors (Lipinski definition) is 3. The van der Waals surface area contributed by atoms with Gasteiger partial charge in [0.1, 0.15) is 5.75 Å². The second-order valence-corrected chi connectivity index (χ2v) is 6.35. The molecule has 3 amide bonds. The zero-order valence-electron chi connectivity index (χ0n) is 14.4. The van der Waals surface area contributed by atoms with Crippen molar-refractivity contribution >= 4 is 29.1 Å². The Hall–Kier alpha value is -2.87. The predicted octanol–water partition coefficient (Wildman–Crippen LogP) is 1.79. The summed E-state index contributed by atoms with van der Waals surface area (Å²) in [6, 6.07) is 9.07. The van der Waals surface area contributed by atoms with Gasteiger partial charge in [0.15, 0.2) is 6.61 Å². The van der Waals surface area contributed by atoms with Crippen LogP contribution in [0.5, 0.6) is 5.75 Å². The van der Waals surface area contributed by atoms with Crippen LogP contribution < -0.4 is 20.9 Å². The smallest absolute Gasteiger partial charge is 0.276 e. The van der Waals surface area contributed by atoms with Crippen molar-refractivity contribution in [2.45, 2.75) is 19.8 Å². The Morgan fingerprint density at radius 3 is 2.65 bits per heavy atom. The minimum atomic E-state index is -0.453. The lowest BCUT2D eigenvalue weighted by Gasteiger charge is -2.09. The van der Waals surface area contributed by atoms with Crippen LogP contribution in [0.25, 0.3) is 0 Å². The molecule has 0 aliphatic rings. The maximum atomic E-state index is 11.7. The summed E-state index contributed by atoms with van der Waals surface area (Å²) in [6.45, 7) is 2.11. The van der Waals surface area contributed by atoms with E-state index in [0.717, 1.165) is 5.56 Å². The number of carbonyl (C=O) groups is 3. The summed E-state index contributed by atoms with van der Waals surface area (Å²) in [6.07, 6.45) is 0.653. The molecular formula is C18H21N3O4S. The van der Waals surface area contributed by atoms with Crippen molar-refractivity contribution in [3.63, 3.8) is 0 Å². The highest BCUT2D eigenvalue weighted by Gasteiger charge is 2.07. The molecule has 0 aliphatic carbocycles. The fourth-order valence-electron chi connectivity index (χ4n) is 2.04. The van der Waals surface area contributed by atoms with Crippen molar-refractivity contribution in [1.82, 2.24) is 16.2 Å². The second-order valence-electron chi connectivity index (χ2n) is 5.57. The maximum absolute atomic E-state index is 11.7. The molecule has 1 aromatic carbocycles. The lowest BCUT2D eigenvalue weighted by Crippen LogP contribution is -2.44. The predicted molar refractivity (Wildman–Crippen MR) is 98.8 cm³/mol. The summed E-state index contributed by atoms with van der Waals surface area (Å²) in [5.74, 6) is -0.356. The van der Waals surface area contributed by atoms with Crippen LogP contribution in [0.4, 0.5) is 0 Å². The van der Waals surface area contributed by atoms with E-state index < -0.39 is 5.91 Å². The summed E-state index contributed by atoms with van der Waals surface area (Å²) in [5, 5.41) is 6.32. The van der Waals surface area contributed by atoms with E-state index in [1.165, 1.54) is 11.3 Å². The molecule has 2 aromatic rings. The molecule has 8 heteroatoms. The topological polar surface area (TPSA) is 96.5 Å². The van der Waals surface area contributed by atoms with Crippen molar-refractivity contribution in [1.29, 1.82) is 0 Å². The van der Waals surface area contributed by atoms with Crippen LogP contribution in [-0.4, -0.2) is 30.9 Å². The molecule has 1 aromatic heterocycles. The Morgan fingerprint density at radius 2 is 1.92 bits per heavy atom. The third kappa shape index (κ3) is 6.94. The number of amides is 3. The quantitative estimate of drug-likeness (QED) is 0.484. The van der Waals surface area contributed by atoms with Crippen molar-refractivity contribution in [3.05, 3.63) is 52.2 Å². The first kappa shape index (κ1) is 19.5. The summed E-state index contributed by atoms with van der Waals surface area (Å²) >= 11 is 1.45. The molecule has 0 aliphatic heterocycles. The van der Waals surface area contributed by atoms with Gasteiger partial charge in [-0.2, -0.15) is 11.3 Å². The van der Waals surface area contributed by atoms with Crippen LogP contribution in [-0.2, 0) is 9.59 Å². The molecule has 138 valence electrons. The first-order valence-corrected chi connectivity index (χ1v) is 9.06. The van der Waals surface area contributed by atoms with Gasteiger partial charge in [-0.1, -0.05) is 12.1 Å². The zero-order chi connectivity index (χ0) is 18.8. The van der Waals surface area contributed by atoms with Gasteiger partial charge in [0.25, 0.3) is 11.8 Å². The maximum Gasteiger partial charge on any atom is 0.276 e. The number of ether oxygens (including phenoxy) is 1. The Bertz CT molecular complexity index is 747. The molecule has 0 fully saturated rings. The fourth-order valence-corrected chi connectivity index (χ4v) is 2.67. The van der Waals surface area contributed by atoms with E-state index in [1.54, 1.807) is 17.5 Å². The number of carbonyl (C=O) groups excluding carboxylic acids is 3. The average Bonchev–Trinajstić information content (AvgIpc) is 3.16. The molecule has 7 nitrogen and oxygen atoms in total. The Morgan fingerprint density at radius 1 is 1.12 bits per heavy atom. The molecule has 0 saturated carbocycles. The van der Waals surface area contributed by atoms with Gasteiger partial charge in [-0.15, -0.1) is 0 Å². The molecule has 3 N–H and O–H groups in total. The molecule has 0 atom stereocenters. The normalized spacial score (nSPS) is 10.0. The molecule has 0 saturated heterocycles. The fraction of sp³-hybridized carbons (Fsp3) is 0.278. The van der Waals surface area contributed by atoms with Gasteiger partial charge in [0.05, 0.1) is 0 Å². The average molecular weight is 375 g/mol.